The van der Waals surface area contributed by atoms with Gasteiger partial charge in [-0.25, -0.2) is 0 Å². The van der Waals surface area contributed by atoms with Crippen LogP contribution in [0.25, 0.3) is 0 Å². The average molecular weight is 630 g/mol. The molecule has 45 heavy (non-hydrogen) atoms. The van der Waals surface area contributed by atoms with E-state index in [9.17, 15) is 15.0 Å². The van der Waals surface area contributed by atoms with Gasteiger partial charge in [-0.15, -0.1) is 0 Å². The van der Waals surface area contributed by atoms with Gasteiger partial charge in [-0.1, -0.05) is 165 Å². The minimum Gasteiger partial charge on any atom is -0.394 e. The first-order valence-electron chi connectivity index (χ1n) is 19.4. The average Bonchev–Trinajstić information content (AvgIpc) is 3.04. The first-order valence-corrected chi connectivity index (χ1v) is 19.4. The van der Waals surface area contributed by atoms with Gasteiger partial charge in [0.25, 0.3) is 0 Å². The molecule has 0 spiro atoms. The van der Waals surface area contributed by atoms with Gasteiger partial charge < -0.3 is 15.5 Å². The van der Waals surface area contributed by atoms with Crippen molar-refractivity contribution in [2.45, 2.75) is 199 Å². The number of aliphatic hydroxyl groups excluding tert-OH is 2. The van der Waals surface area contributed by atoms with E-state index in [0.717, 1.165) is 51.4 Å². The smallest absolute Gasteiger partial charge is 0.220 e. The van der Waals surface area contributed by atoms with Gasteiger partial charge in [0.05, 0.1) is 18.8 Å². The summed E-state index contributed by atoms with van der Waals surface area (Å²) in [6.07, 6.45) is 49.2. The number of amides is 1. The lowest BCUT2D eigenvalue weighted by molar-refractivity contribution is -0.123. The molecule has 0 aromatic carbocycles. The lowest BCUT2D eigenvalue weighted by atomic mass is 10.0. The van der Waals surface area contributed by atoms with E-state index in [1.165, 1.54) is 116 Å². The zero-order chi connectivity index (χ0) is 32.9. The number of nitrogens with one attached hydrogen (secondary N) is 1. The number of allylic oxidation sites excluding steroid dienone is 7. The SMILES string of the molecule is CCCC/C=C\CCCCCCCC(=O)NC(CO)C(O)/C=C/CC/C=C/CC/C=C/CCCCCCCCCCCCCC. The lowest BCUT2D eigenvalue weighted by Crippen LogP contribution is -2.45. The van der Waals surface area contributed by atoms with Gasteiger partial charge in [-0.3, -0.25) is 4.79 Å². The Kier molecular flexibility index (Phi) is 35.5. The minimum atomic E-state index is -0.872. The molecular formula is C41H75NO3. The first-order chi connectivity index (χ1) is 22.2. The van der Waals surface area contributed by atoms with Crippen molar-refractivity contribution in [3.05, 3.63) is 48.6 Å². The Morgan fingerprint density at radius 2 is 0.889 bits per heavy atom. The molecule has 0 saturated heterocycles. The van der Waals surface area contributed by atoms with E-state index < -0.39 is 12.1 Å². The minimum absolute atomic E-state index is 0.0913. The number of rotatable bonds is 34. The Balaban J connectivity index is 3.68. The quantitative estimate of drug-likeness (QED) is 0.0490. The Bertz CT molecular complexity index is 726. The van der Waals surface area contributed by atoms with E-state index in [-0.39, 0.29) is 12.5 Å². The van der Waals surface area contributed by atoms with Crippen LogP contribution in [0.4, 0.5) is 0 Å². The van der Waals surface area contributed by atoms with Crippen molar-refractivity contribution >= 4 is 5.91 Å². The lowest BCUT2D eigenvalue weighted by Gasteiger charge is -2.19. The fraction of sp³-hybridized carbons (Fsp3) is 0.780. The maximum Gasteiger partial charge on any atom is 0.220 e. The normalized spacial score (nSPS) is 13.6. The molecule has 0 heterocycles. The fourth-order valence-corrected chi connectivity index (χ4v) is 5.48. The van der Waals surface area contributed by atoms with Crippen LogP contribution in [0.15, 0.2) is 48.6 Å². The Morgan fingerprint density at radius 1 is 0.511 bits per heavy atom. The number of carbonyl (C=O) groups is 1. The molecular weight excluding hydrogens is 554 g/mol. The molecule has 1 amide bonds. The number of unbranched alkanes of at least 4 members (excludes halogenated alkanes) is 21. The summed E-state index contributed by atoms with van der Waals surface area (Å²) in [6, 6.07) is -0.648. The van der Waals surface area contributed by atoms with E-state index in [2.05, 4.69) is 55.6 Å². The molecule has 0 aliphatic heterocycles. The summed E-state index contributed by atoms with van der Waals surface area (Å²) < 4.78 is 0. The van der Waals surface area contributed by atoms with Gasteiger partial charge in [-0.2, -0.15) is 0 Å². The second-order valence-corrected chi connectivity index (χ2v) is 13.0. The summed E-state index contributed by atoms with van der Waals surface area (Å²) in [4.78, 5) is 12.3. The summed E-state index contributed by atoms with van der Waals surface area (Å²) in [6.45, 7) is 4.24. The third-order valence-electron chi connectivity index (χ3n) is 8.51. The maximum absolute atomic E-state index is 12.3. The van der Waals surface area contributed by atoms with Crippen molar-refractivity contribution in [1.82, 2.24) is 5.32 Å². The van der Waals surface area contributed by atoms with Crippen molar-refractivity contribution in [3.63, 3.8) is 0 Å². The van der Waals surface area contributed by atoms with Crippen molar-refractivity contribution in [2.75, 3.05) is 6.61 Å². The zero-order valence-electron chi connectivity index (χ0n) is 29.9. The molecule has 0 aliphatic rings. The molecule has 0 rings (SSSR count). The van der Waals surface area contributed by atoms with Crippen LogP contribution in [0.3, 0.4) is 0 Å². The van der Waals surface area contributed by atoms with Crippen LogP contribution < -0.4 is 5.32 Å². The highest BCUT2D eigenvalue weighted by molar-refractivity contribution is 5.76. The van der Waals surface area contributed by atoms with Gasteiger partial charge in [0, 0.05) is 6.42 Å². The molecule has 0 radical (unpaired) electrons. The van der Waals surface area contributed by atoms with Crippen LogP contribution in [0, 0.1) is 0 Å². The van der Waals surface area contributed by atoms with Crippen LogP contribution in [-0.4, -0.2) is 34.9 Å². The highest BCUT2D eigenvalue weighted by Gasteiger charge is 2.17. The standard InChI is InChI=1S/C41H75NO3/c1-3-5-7-9-11-13-15-16-17-18-19-20-21-22-23-24-25-27-28-30-32-34-36-40(44)39(38-43)42-41(45)37-35-33-31-29-26-14-12-10-8-6-4-2/h10,12,22-23,27-28,34,36,39-40,43-44H,3-9,11,13-21,24-26,29-33,35,37-38H2,1-2H3,(H,42,45)/b12-10-,23-22+,28-27+,36-34+. The van der Waals surface area contributed by atoms with Gasteiger partial charge in [-0.05, 0) is 64.2 Å². The van der Waals surface area contributed by atoms with Crippen LogP contribution in [0.1, 0.15) is 187 Å². The molecule has 0 bridgehead atoms. The molecule has 0 aromatic rings. The Morgan fingerprint density at radius 3 is 1.36 bits per heavy atom. The molecule has 262 valence electrons. The third-order valence-corrected chi connectivity index (χ3v) is 8.51. The summed E-state index contributed by atoms with van der Waals surface area (Å²) in [5, 5.41) is 22.8. The van der Waals surface area contributed by atoms with E-state index in [0.29, 0.717) is 6.42 Å². The maximum atomic E-state index is 12.3. The van der Waals surface area contributed by atoms with Crippen LogP contribution >= 0.6 is 0 Å². The predicted octanol–water partition coefficient (Wildman–Crippen LogP) is 11.6. The van der Waals surface area contributed by atoms with Crippen LogP contribution in [0.5, 0.6) is 0 Å². The van der Waals surface area contributed by atoms with Gasteiger partial charge >= 0.3 is 0 Å². The molecule has 2 unspecified atom stereocenters. The topological polar surface area (TPSA) is 69.6 Å². The Labute approximate surface area is 280 Å². The van der Waals surface area contributed by atoms with Gasteiger partial charge in [0.15, 0.2) is 0 Å². The van der Waals surface area contributed by atoms with Crippen molar-refractivity contribution in [3.8, 4) is 0 Å². The van der Waals surface area contributed by atoms with Crippen molar-refractivity contribution in [2.24, 2.45) is 0 Å². The molecule has 0 aromatic heterocycles. The number of hydrogen-bond donors (Lipinski definition) is 3. The second kappa shape index (κ2) is 36.8. The summed E-state index contributed by atoms with van der Waals surface area (Å²) >= 11 is 0. The van der Waals surface area contributed by atoms with E-state index >= 15 is 0 Å². The molecule has 0 aliphatic carbocycles. The number of carbonyl (C=O) groups excluding carboxylic acids is 1. The summed E-state index contributed by atoms with van der Waals surface area (Å²) in [5.74, 6) is -0.0913. The highest BCUT2D eigenvalue weighted by atomic mass is 16.3. The molecule has 0 fully saturated rings. The fourth-order valence-electron chi connectivity index (χ4n) is 5.48. The molecule has 2 atom stereocenters. The van der Waals surface area contributed by atoms with Crippen molar-refractivity contribution in [1.29, 1.82) is 0 Å². The predicted molar refractivity (Wildman–Crippen MR) is 198 cm³/mol. The molecule has 3 N–H and O–H groups in total. The third kappa shape index (κ3) is 33.5. The zero-order valence-corrected chi connectivity index (χ0v) is 29.9. The molecule has 4 heteroatoms. The van der Waals surface area contributed by atoms with Gasteiger partial charge in [0.1, 0.15) is 0 Å². The van der Waals surface area contributed by atoms with Crippen LogP contribution in [0.2, 0.25) is 0 Å². The number of hydrogen-bond acceptors (Lipinski definition) is 3. The van der Waals surface area contributed by atoms with Crippen LogP contribution in [-0.2, 0) is 4.79 Å². The molecule has 4 nitrogen and oxygen atoms in total. The Hall–Kier alpha value is -1.65. The second-order valence-electron chi connectivity index (χ2n) is 13.0. The van der Waals surface area contributed by atoms with E-state index in [1.54, 1.807) is 6.08 Å². The van der Waals surface area contributed by atoms with E-state index in [4.69, 9.17) is 0 Å². The highest BCUT2D eigenvalue weighted by Crippen LogP contribution is 2.13. The van der Waals surface area contributed by atoms with Crippen molar-refractivity contribution < 1.29 is 15.0 Å². The summed E-state index contributed by atoms with van der Waals surface area (Å²) in [5.41, 5.74) is 0. The van der Waals surface area contributed by atoms with Gasteiger partial charge in [0.2, 0.25) is 5.91 Å². The summed E-state index contributed by atoms with van der Waals surface area (Å²) in [7, 11) is 0. The van der Waals surface area contributed by atoms with E-state index in [1.807, 2.05) is 6.08 Å². The number of aliphatic hydroxyl groups is 2. The monoisotopic (exact) mass is 630 g/mol. The first kappa shape index (κ1) is 43.4. The largest absolute Gasteiger partial charge is 0.394 e. The molecule has 0 saturated carbocycles.